The summed E-state index contributed by atoms with van der Waals surface area (Å²) in [6.45, 7) is 5.33. The van der Waals surface area contributed by atoms with Gasteiger partial charge in [-0.15, -0.1) is 0 Å². The molecule has 19 heavy (non-hydrogen) atoms. The molecule has 0 saturated carbocycles. The Hall–Kier alpha value is -1.11. The number of halogens is 1. The van der Waals surface area contributed by atoms with Gasteiger partial charge in [0.1, 0.15) is 0 Å². The second-order valence-corrected chi connectivity index (χ2v) is 5.23. The highest BCUT2D eigenvalue weighted by Crippen LogP contribution is 2.23. The van der Waals surface area contributed by atoms with Gasteiger partial charge >= 0.3 is 5.97 Å². The average molecular weight is 329 g/mol. The highest BCUT2D eigenvalue weighted by molar-refractivity contribution is 9.10. The summed E-state index contributed by atoms with van der Waals surface area (Å²) in [5, 5.41) is 12.2. The molecule has 104 valence electrons. The third kappa shape index (κ3) is 4.19. The molecule has 0 amide bonds. The van der Waals surface area contributed by atoms with E-state index in [1.54, 1.807) is 18.2 Å². The van der Waals surface area contributed by atoms with Gasteiger partial charge in [0.25, 0.3) is 0 Å². The molecule has 0 radical (unpaired) electrons. The quantitative estimate of drug-likeness (QED) is 0.864. The number of benzene rings is 1. The standard InChI is InChI=1S/C13H17BrN2O3/c14-11-9-10(13(17)18)1-2-12(11)15-3-4-16-5-7-19-8-6-16/h1-2,9,15H,3-8H2,(H,17,18). The third-order valence-electron chi connectivity index (χ3n) is 3.06. The molecule has 2 N–H and O–H groups in total. The maximum atomic E-state index is 10.8. The minimum absolute atomic E-state index is 0.283. The van der Waals surface area contributed by atoms with Gasteiger partial charge in [-0.05, 0) is 34.1 Å². The first-order valence-corrected chi connectivity index (χ1v) is 7.03. The van der Waals surface area contributed by atoms with E-state index in [1.165, 1.54) is 0 Å². The minimum atomic E-state index is -0.916. The van der Waals surface area contributed by atoms with Gasteiger partial charge < -0.3 is 15.2 Å². The van der Waals surface area contributed by atoms with E-state index in [1.807, 2.05) is 0 Å². The highest BCUT2D eigenvalue weighted by atomic mass is 79.9. The Balaban J connectivity index is 1.83. The number of carboxylic acids is 1. The molecule has 0 atom stereocenters. The molecule has 5 nitrogen and oxygen atoms in total. The maximum Gasteiger partial charge on any atom is 0.335 e. The molecule has 1 fully saturated rings. The fourth-order valence-electron chi connectivity index (χ4n) is 1.96. The number of rotatable bonds is 5. The van der Waals surface area contributed by atoms with Crippen molar-refractivity contribution in [2.75, 3.05) is 44.7 Å². The lowest BCUT2D eigenvalue weighted by molar-refractivity contribution is 0.0398. The van der Waals surface area contributed by atoms with Crippen LogP contribution >= 0.6 is 15.9 Å². The molecule has 1 aliphatic rings. The summed E-state index contributed by atoms with van der Waals surface area (Å²) >= 11 is 3.38. The zero-order valence-corrected chi connectivity index (χ0v) is 12.1. The lowest BCUT2D eigenvalue weighted by Crippen LogP contribution is -2.39. The van der Waals surface area contributed by atoms with E-state index in [9.17, 15) is 4.79 Å². The molecule has 1 saturated heterocycles. The van der Waals surface area contributed by atoms with E-state index < -0.39 is 5.97 Å². The maximum absolute atomic E-state index is 10.8. The number of morpholine rings is 1. The average Bonchev–Trinajstić information content (AvgIpc) is 2.41. The number of anilines is 1. The van der Waals surface area contributed by atoms with Crippen molar-refractivity contribution in [3.05, 3.63) is 28.2 Å². The molecule has 2 rings (SSSR count). The summed E-state index contributed by atoms with van der Waals surface area (Å²) < 4.78 is 6.07. The lowest BCUT2D eigenvalue weighted by Gasteiger charge is -2.26. The molecule has 6 heteroatoms. The van der Waals surface area contributed by atoms with E-state index >= 15 is 0 Å². The van der Waals surface area contributed by atoms with Crippen molar-refractivity contribution in [2.45, 2.75) is 0 Å². The molecule has 1 aromatic carbocycles. The Morgan fingerprint density at radius 3 is 2.79 bits per heavy atom. The summed E-state index contributed by atoms with van der Waals surface area (Å²) in [7, 11) is 0. The second kappa shape index (κ2) is 6.88. The minimum Gasteiger partial charge on any atom is -0.478 e. The van der Waals surface area contributed by atoms with Crippen molar-refractivity contribution in [3.8, 4) is 0 Å². The molecule has 0 spiro atoms. The molecule has 1 aliphatic heterocycles. The van der Waals surface area contributed by atoms with Crippen LogP contribution in [0.25, 0.3) is 0 Å². The molecule has 1 heterocycles. The fraction of sp³-hybridized carbons (Fsp3) is 0.462. The van der Waals surface area contributed by atoms with Crippen molar-refractivity contribution < 1.29 is 14.6 Å². The molecule has 0 aromatic heterocycles. The summed E-state index contributed by atoms with van der Waals surface area (Å²) in [4.78, 5) is 13.2. The largest absolute Gasteiger partial charge is 0.478 e. The Kier molecular flexibility index (Phi) is 5.18. The number of carbonyl (C=O) groups is 1. The highest BCUT2D eigenvalue weighted by Gasteiger charge is 2.10. The number of ether oxygens (including phenoxy) is 1. The zero-order valence-electron chi connectivity index (χ0n) is 10.6. The number of carboxylic acid groups (broad SMARTS) is 1. The van der Waals surface area contributed by atoms with Gasteiger partial charge in [-0.25, -0.2) is 4.79 Å². The van der Waals surface area contributed by atoms with Gasteiger partial charge in [0, 0.05) is 36.3 Å². The topological polar surface area (TPSA) is 61.8 Å². The third-order valence-corrected chi connectivity index (χ3v) is 3.72. The van der Waals surface area contributed by atoms with Crippen molar-refractivity contribution in [3.63, 3.8) is 0 Å². The predicted molar refractivity (Wildman–Crippen MR) is 76.9 cm³/mol. The molecular weight excluding hydrogens is 312 g/mol. The van der Waals surface area contributed by atoms with Crippen molar-refractivity contribution in [2.24, 2.45) is 0 Å². The second-order valence-electron chi connectivity index (χ2n) is 4.38. The van der Waals surface area contributed by atoms with Gasteiger partial charge in [0.15, 0.2) is 0 Å². The first-order chi connectivity index (χ1) is 9.16. The smallest absolute Gasteiger partial charge is 0.335 e. The van der Waals surface area contributed by atoms with Crippen LogP contribution in [-0.4, -0.2) is 55.4 Å². The fourth-order valence-corrected chi connectivity index (χ4v) is 2.48. The SMILES string of the molecule is O=C(O)c1ccc(NCCN2CCOCC2)c(Br)c1. The number of aromatic carboxylic acids is 1. The number of nitrogens with one attached hydrogen (secondary N) is 1. The number of hydrogen-bond acceptors (Lipinski definition) is 4. The van der Waals surface area contributed by atoms with E-state index in [4.69, 9.17) is 9.84 Å². The van der Waals surface area contributed by atoms with E-state index in [0.717, 1.165) is 49.6 Å². The van der Waals surface area contributed by atoms with Crippen LogP contribution in [0.15, 0.2) is 22.7 Å². The summed E-state index contributed by atoms with van der Waals surface area (Å²) in [6, 6.07) is 5.00. The lowest BCUT2D eigenvalue weighted by atomic mass is 10.2. The first kappa shape index (κ1) is 14.3. The Bertz CT molecular complexity index is 448. The molecular formula is C13H17BrN2O3. The van der Waals surface area contributed by atoms with Crippen molar-refractivity contribution in [1.82, 2.24) is 4.90 Å². The van der Waals surface area contributed by atoms with Gasteiger partial charge in [-0.1, -0.05) is 0 Å². The van der Waals surface area contributed by atoms with E-state index in [2.05, 4.69) is 26.1 Å². The van der Waals surface area contributed by atoms with Gasteiger partial charge in [0.2, 0.25) is 0 Å². The monoisotopic (exact) mass is 328 g/mol. The normalized spacial score (nSPS) is 16.3. The molecule has 0 aliphatic carbocycles. The zero-order chi connectivity index (χ0) is 13.7. The van der Waals surface area contributed by atoms with Crippen LogP contribution in [0.2, 0.25) is 0 Å². The molecule has 1 aromatic rings. The van der Waals surface area contributed by atoms with Crippen LogP contribution in [0.5, 0.6) is 0 Å². The van der Waals surface area contributed by atoms with Gasteiger partial charge in [0.05, 0.1) is 18.8 Å². The Labute approximate surface area is 120 Å². The first-order valence-electron chi connectivity index (χ1n) is 6.23. The van der Waals surface area contributed by atoms with E-state index in [0.29, 0.717) is 0 Å². The van der Waals surface area contributed by atoms with Crippen molar-refractivity contribution in [1.29, 1.82) is 0 Å². The van der Waals surface area contributed by atoms with Crippen LogP contribution in [-0.2, 0) is 4.74 Å². The summed E-state index contributed by atoms with van der Waals surface area (Å²) in [5.41, 5.74) is 1.20. The molecule has 0 unspecified atom stereocenters. The Morgan fingerprint density at radius 2 is 2.16 bits per heavy atom. The summed E-state index contributed by atoms with van der Waals surface area (Å²) in [5.74, 6) is -0.916. The van der Waals surface area contributed by atoms with Crippen LogP contribution in [0.4, 0.5) is 5.69 Å². The van der Waals surface area contributed by atoms with Crippen LogP contribution < -0.4 is 5.32 Å². The number of nitrogens with zero attached hydrogens (tertiary/aromatic N) is 1. The molecule has 0 bridgehead atoms. The van der Waals surface area contributed by atoms with Crippen LogP contribution in [0.3, 0.4) is 0 Å². The Morgan fingerprint density at radius 1 is 1.42 bits per heavy atom. The van der Waals surface area contributed by atoms with Gasteiger partial charge in [-0.2, -0.15) is 0 Å². The van der Waals surface area contributed by atoms with Gasteiger partial charge in [-0.3, -0.25) is 4.90 Å². The van der Waals surface area contributed by atoms with Crippen LogP contribution in [0, 0.1) is 0 Å². The number of hydrogen-bond donors (Lipinski definition) is 2. The predicted octanol–water partition coefficient (Wildman–Crippen LogP) is 1.89. The van der Waals surface area contributed by atoms with Crippen molar-refractivity contribution >= 4 is 27.6 Å². The van der Waals surface area contributed by atoms with Crippen LogP contribution in [0.1, 0.15) is 10.4 Å². The summed E-state index contributed by atoms with van der Waals surface area (Å²) in [6.07, 6.45) is 0. The van der Waals surface area contributed by atoms with E-state index in [-0.39, 0.29) is 5.56 Å².